The van der Waals surface area contributed by atoms with E-state index in [1.807, 2.05) is 0 Å². The molecule has 1 aromatic rings. The van der Waals surface area contributed by atoms with Crippen LogP contribution in [0.15, 0.2) is 6.20 Å². The second-order valence-electron chi connectivity index (χ2n) is 3.56. The molecule has 0 radical (unpaired) electrons. The number of aliphatic carboxylic acids is 1. The Labute approximate surface area is 79.5 Å². The molecule has 1 fully saturated rings. The van der Waals surface area contributed by atoms with Gasteiger partial charge in [0.15, 0.2) is 0 Å². The molecule has 0 spiro atoms. The summed E-state index contributed by atoms with van der Waals surface area (Å²) in [5.41, 5.74) is -0.752. The average molecular weight is 195 g/mol. The van der Waals surface area contributed by atoms with E-state index in [-0.39, 0.29) is 18.6 Å². The number of rotatable bonds is 2. The van der Waals surface area contributed by atoms with Gasteiger partial charge in [0.25, 0.3) is 0 Å². The van der Waals surface area contributed by atoms with Crippen molar-refractivity contribution in [1.82, 2.24) is 15.0 Å². The molecule has 6 nitrogen and oxygen atoms in total. The Balaban J connectivity index is 2.38. The summed E-state index contributed by atoms with van der Waals surface area (Å²) >= 11 is 0. The van der Waals surface area contributed by atoms with Gasteiger partial charge in [-0.25, -0.2) is 0 Å². The molecule has 0 aromatic carbocycles. The first-order chi connectivity index (χ1) is 6.54. The van der Waals surface area contributed by atoms with E-state index in [4.69, 9.17) is 5.11 Å². The van der Waals surface area contributed by atoms with Gasteiger partial charge in [0, 0.05) is 26.1 Å². The number of ketones is 1. The minimum absolute atomic E-state index is 0.0288. The third kappa shape index (κ3) is 1.03. The fourth-order valence-corrected chi connectivity index (χ4v) is 1.63. The minimum atomic E-state index is -1.12. The molecule has 1 heterocycles. The lowest BCUT2D eigenvalue weighted by Crippen LogP contribution is -2.48. The zero-order valence-electron chi connectivity index (χ0n) is 7.60. The highest BCUT2D eigenvalue weighted by molar-refractivity contribution is 6.00. The monoisotopic (exact) mass is 195 g/mol. The first-order valence-corrected chi connectivity index (χ1v) is 4.16. The molecule has 1 aliphatic carbocycles. The summed E-state index contributed by atoms with van der Waals surface area (Å²) in [6, 6.07) is 0. The van der Waals surface area contributed by atoms with E-state index in [1.165, 1.54) is 4.68 Å². The third-order valence-corrected chi connectivity index (χ3v) is 2.50. The maximum atomic E-state index is 11.0. The number of carboxylic acid groups (broad SMARTS) is 1. The number of carbonyl (C=O) groups excluding carboxylic acids is 1. The van der Waals surface area contributed by atoms with Crippen molar-refractivity contribution in [2.24, 2.45) is 7.05 Å². The molecule has 0 saturated heterocycles. The van der Waals surface area contributed by atoms with Crippen LogP contribution in [0.2, 0.25) is 0 Å². The quantitative estimate of drug-likeness (QED) is 0.687. The molecule has 6 heteroatoms. The van der Waals surface area contributed by atoms with Crippen molar-refractivity contribution in [3.63, 3.8) is 0 Å². The second kappa shape index (κ2) is 2.63. The molecule has 1 aliphatic rings. The van der Waals surface area contributed by atoms with E-state index in [0.29, 0.717) is 5.69 Å². The molecular weight excluding hydrogens is 186 g/mol. The second-order valence-corrected chi connectivity index (χ2v) is 3.56. The largest absolute Gasteiger partial charge is 0.481 e. The lowest BCUT2D eigenvalue weighted by atomic mass is 9.66. The zero-order chi connectivity index (χ0) is 10.3. The average Bonchev–Trinajstić information content (AvgIpc) is 2.45. The topological polar surface area (TPSA) is 85.1 Å². The molecule has 0 aliphatic heterocycles. The Kier molecular flexibility index (Phi) is 1.67. The molecule has 0 unspecified atom stereocenters. The fourth-order valence-electron chi connectivity index (χ4n) is 1.63. The number of nitrogens with zero attached hydrogens (tertiary/aromatic N) is 3. The van der Waals surface area contributed by atoms with Crippen LogP contribution in [-0.4, -0.2) is 31.9 Å². The normalized spacial score (nSPS) is 19.1. The van der Waals surface area contributed by atoms with Gasteiger partial charge in [-0.1, -0.05) is 5.21 Å². The highest BCUT2D eigenvalue weighted by Gasteiger charge is 2.53. The standard InChI is InChI=1S/C8H9N3O3/c1-11-4-6(9-10-11)8(7(13)14)2-5(12)3-8/h4H,2-3H2,1H3,(H,13,14). The Morgan fingerprint density at radius 1 is 1.64 bits per heavy atom. The predicted octanol–water partition coefficient (Wildman–Crippen LogP) is -0.500. The van der Waals surface area contributed by atoms with Gasteiger partial charge >= 0.3 is 5.97 Å². The van der Waals surface area contributed by atoms with Crippen LogP contribution in [0.1, 0.15) is 18.5 Å². The van der Waals surface area contributed by atoms with Gasteiger partial charge in [0.2, 0.25) is 0 Å². The third-order valence-electron chi connectivity index (χ3n) is 2.50. The lowest BCUT2D eigenvalue weighted by Gasteiger charge is -2.33. The summed E-state index contributed by atoms with van der Waals surface area (Å²) in [5, 5.41) is 16.4. The molecule has 2 rings (SSSR count). The first kappa shape index (κ1) is 8.86. The molecule has 1 aromatic heterocycles. The van der Waals surface area contributed by atoms with Crippen molar-refractivity contribution >= 4 is 11.8 Å². The summed E-state index contributed by atoms with van der Waals surface area (Å²) < 4.78 is 1.43. The van der Waals surface area contributed by atoms with Crippen molar-refractivity contribution in [2.75, 3.05) is 0 Å². The van der Waals surface area contributed by atoms with Gasteiger partial charge in [-0.05, 0) is 0 Å². The Morgan fingerprint density at radius 3 is 2.64 bits per heavy atom. The van der Waals surface area contributed by atoms with Crippen LogP contribution in [0.5, 0.6) is 0 Å². The fraction of sp³-hybridized carbons (Fsp3) is 0.500. The van der Waals surface area contributed by atoms with E-state index >= 15 is 0 Å². The number of carbonyl (C=O) groups is 2. The molecular formula is C8H9N3O3. The summed E-state index contributed by atoms with van der Waals surface area (Å²) in [6.07, 6.45) is 1.60. The number of aromatic nitrogens is 3. The maximum Gasteiger partial charge on any atom is 0.316 e. The smallest absolute Gasteiger partial charge is 0.316 e. The van der Waals surface area contributed by atoms with Crippen LogP contribution in [-0.2, 0) is 22.1 Å². The number of hydrogen-bond acceptors (Lipinski definition) is 4. The van der Waals surface area contributed by atoms with Gasteiger partial charge in [-0.2, -0.15) is 0 Å². The van der Waals surface area contributed by atoms with Crippen LogP contribution in [0.25, 0.3) is 0 Å². The van der Waals surface area contributed by atoms with Crippen LogP contribution >= 0.6 is 0 Å². The summed E-state index contributed by atoms with van der Waals surface area (Å²) in [6.45, 7) is 0. The highest BCUT2D eigenvalue weighted by Crippen LogP contribution is 2.40. The van der Waals surface area contributed by atoms with Crippen molar-refractivity contribution in [2.45, 2.75) is 18.3 Å². The van der Waals surface area contributed by atoms with Crippen molar-refractivity contribution in [3.8, 4) is 0 Å². The zero-order valence-corrected chi connectivity index (χ0v) is 7.60. The number of hydrogen-bond donors (Lipinski definition) is 1. The Morgan fingerprint density at radius 2 is 2.29 bits per heavy atom. The molecule has 1 saturated carbocycles. The summed E-state index contributed by atoms with van der Waals surface area (Å²) in [4.78, 5) is 21.9. The SMILES string of the molecule is Cn1cc(C2(C(=O)O)CC(=O)C2)nn1. The molecule has 0 atom stereocenters. The van der Waals surface area contributed by atoms with Crippen LogP contribution in [0.4, 0.5) is 0 Å². The number of aryl methyl sites for hydroxylation is 1. The summed E-state index contributed by atoms with van der Waals surface area (Å²) in [5.74, 6) is -1.05. The van der Waals surface area contributed by atoms with Gasteiger partial charge in [0.1, 0.15) is 16.9 Å². The maximum absolute atomic E-state index is 11.0. The van der Waals surface area contributed by atoms with Crippen LogP contribution < -0.4 is 0 Å². The molecule has 1 N–H and O–H groups in total. The lowest BCUT2D eigenvalue weighted by molar-refractivity contribution is -0.153. The summed E-state index contributed by atoms with van der Waals surface area (Å²) in [7, 11) is 1.66. The highest BCUT2D eigenvalue weighted by atomic mass is 16.4. The van der Waals surface area contributed by atoms with Crippen LogP contribution in [0, 0.1) is 0 Å². The van der Waals surface area contributed by atoms with Crippen LogP contribution in [0.3, 0.4) is 0 Å². The Bertz CT molecular complexity index is 402. The van der Waals surface area contributed by atoms with Crippen molar-refractivity contribution in [1.29, 1.82) is 0 Å². The molecule has 0 bridgehead atoms. The van der Waals surface area contributed by atoms with E-state index in [9.17, 15) is 9.59 Å². The number of carboxylic acids is 1. The van der Waals surface area contributed by atoms with E-state index in [1.54, 1.807) is 13.2 Å². The van der Waals surface area contributed by atoms with Gasteiger partial charge in [-0.3, -0.25) is 14.3 Å². The molecule has 0 amide bonds. The first-order valence-electron chi connectivity index (χ1n) is 4.16. The molecule has 74 valence electrons. The van der Waals surface area contributed by atoms with Gasteiger partial charge in [-0.15, -0.1) is 5.10 Å². The van der Waals surface area contributed by atoms with E-state index in [0.717, 1.165) is 0 Å². The minimum Gasteiger partial charge on any atom is -0.481 e. The van der Waals surface area contributed by atoms with Crippen molar-refractivity contribution in [3.05, 3.63) is 11.9 Å². The Hall–Kier alpha value is -1.72. The van der Waals surface area contributed by atoms with Crippen molar-refractivity contribution < 1.29 is 14.7 Å². The van der Waals surface area contributed by atoms with E-state index < -0.39 is 11.4 Å². The predicted molar refractivity (Wildman–Crippen MR) is 44.6 cm³/mol. The van der Waals surface area contributed by atoms with E-state index in [2.05, 4.69) is 10.3 Å². The van der Waals surface area contributed by atoms with Gasteiger partial charge < -0.3 is 5.11 Å². The molecule has 14 heavy (non-hydrogen) atoms. The number of Topliss-reactive ketones (excluding diaryl/α,β-unsaturated/α-hetero) is 1. The van der Waals surface area contributed by atoms with Gasteiger partial charge in [0.05, 0.1) is 0 Å².